The molecule has 1 aromatic carbocycles. The van der Waals surface area contributed by atoms with Crippen molar-refractivity contribution in [1.82, 2.24) is 10.2 Å². The standard InChI is InChI=1S/C20H30N4O2/c1-3-5-8-13-21-19(26)23-14-11-20(12-15-23)18(25)24(4-2)17-10-7-6-9-16(17)22-20/h6-7,9-10,22H,3-5,8,11-15H2,1-2H3,(H,21,26). The van der Waals surface area contributed by atoms with Crippen molar-refractivity contribution in [3.8, 4) is 0 Å². The van der Waals surface area contributed by atoms with Gasteiger partial charge >= 0.3 is 6.03 Å². The highest BCUT2D eigenvalue weighted by Crippen LogP contribution is 2.39. The second kappa shape index (κ2) is 7.98. The zero-order valence-corrected chi connectivity index (χ0v) is 15.9. The van der Waals surface area contributed by atoms with E-state index in [9.17, 15) is 9.59 Å². The van der Waals surface area contributed by atoms with Gasteiger partial charge in [0.05, 0.1) is 11.4 Å². The first kappa shape index (κ1) is 18.5. The Morgan fingerprint density at radius 1 is 1.19 bits per heavy atom. The highest BCUT2D eigenvalue weighted by atomic mass is 16.2. The van der Waals surface area contributed by atoms with Gasteiger partial charge in [0.2, 0.25) is 0 Å². The van der Waals surface area contributed by atoms with E-state index in [1.54, 1.807) is 0 Å². The number of amides is 3. The van der Waals surface area contributed by atoms with Gasteiger partial charge in [0.15, 0.2) is 0 Å². The van der Waals surface area contributed by atoms with Crippen LogP contribution in [0.25, 0.3) is 0 Å². The minimum Gasteiger partial charge on any atom is -0.369 e. The Hall–Kier alpha value is -2.24. The van der Waals surface area contributed by atoms with Crippen LogP contribution in [0.15, 0.2) is 24.3 Å². The summed E-state index contributed by atoms with van der Waals surface area (Å²) in [7, 11) is 0. The van der Waals surface area contributed by atoms with Crippen LogP contribution >= 0.6 is 0 Å². The molecule has 2 aliphatic rings. The molecule has 6 heteroatoms. The molecule has 0 atom stereocenters. The average molecular weight is 358 g/mol. The van der Waals surface area contributed by atoms with E-state index in [1.807, 2.05) is 41.0 Å². The number of benzene rings is 1. The first-order chi connectivity index (χ1) is 12.6. The number of para-hydroxylation sites is 2. The molecular formula is C20H30N4O2. The number of anilines is 2. The summed E-state index contributed by atoms with van der Waals surface area (Å²) in [6, 6.07) is 7.95. The molecule has 0 unspecified atom stereocenters. The topological polar surface area (TPSA) is 64.7 Å². The molecule has 0 radical (unpaired) electrons. The summed E-state index contributed by atoms with van der Waals surface area (Å²) >= 11 is 0. The zero-order chi connectivity index (χ0) is 18.6. The third kappa shape index (κ3) is 3.50. The molecule has 2 aliphatic heterocycles. The number of carbonyl (C=O) groups is 2. The van der Waals surface area contributed by atoms with Gasteiger partial charge in [-0.15, -0.1) is 0 Å². The molecule has 26 heavy (non-hydrogen) atoms. The van der Waals surface area contributed by atoms with Crippen molar-refractivity contribution in [2.45, 2.75) is 51.5 Å². The van der Waals surface area contributed by atoms with Crippen LogP contribution in [-0.2, 0) is 4.79 Å². The molecule has 1 spiro atoms. The van der Waals surface area contributed by atoms with E-state index in [-0.39, 0.29) is 11.9 Å². The molecule has 3 rings (SSSR count). The summed E-state index contributed by atoms with van der Waals surface area (Å²) in [6.07, 6.45) is 4.57. The molecule has 0 aromatic heterocycles. The molecule has 0 aliphatic carbocycles. The van der Waals surface area contributed by atoms with E-state index in [1.165, 1.54) is 0 Å². The zero-order valence-electron chi connectivity index (χ0n) is 15.9. The first-order valence-corrected chi connectivity index (χ1v) is 9.83. The lowest BCUT2D eigenvalue weighted by atomic mass is 9.83. The van der Waals surface area contributed by atoms with Crippen molar-refractivity contribution in [2.75, 3.05) is 36.4 Å². The maximum atomic E-state index is 13.2. The summed E-state index contributed by atoms with van der Waals surface area (Å²) in [5.41, 5.74) is 1.36. The Kier molecular flexibility index (Phi) is 5.69. The van der Waals surface area contributed by atoms with Gasteiger partial charge < -0.3 is 20.4 Å². The lowest BCUT2D eigenvalue weighted by Crippen LogP contribution is -2.62. The smallest absolute Gasteiger partial charge is 0.317 e. The van der Waals surface area contributed by atoms with Crippen LogP contribution < -0.4 is 15.5 Å². The van der Waals surface area contributed by atoms with Crippen LogP contribution in [0.5, 0.6) is 0 Å². The van der Waals surface area contributed by atoms with Gasteiger partial charge in [-0.2, -0.15) is 0 Å². The number of carbonyl (C=O) groups excluding carboxylic acids is 2. The average Bonchev–Trinajstić information content (AvgIpc) is 2.67. The predicted octanol–water partition coefficient (Wildman–Crippen LogP) is 3.20. The van der Waals surface area contributed by atoms with Gasteiger partial charge in [0, 0.05) is 26.2 Å². The van der Waals surface area contributed by atoms with E-state index < -0.39 is 5.54 Å². The van der Waals surface area contributed by atoms with Gasteiger partial charge in [-0.1, -0.05) is 31.9 Å². The van der Waals surface area contributed by atoms with Crippen LogP contribution in [0.2, 0.25) is 0 Å². The van der Waals surface area contributed by atoms with Gasteiger partial charge in [0.25, 0.3) is 5.91 Å². The second-order valence-electron chi connectivity index (χ2n) is 7.20. The van der Waals surface area contributed by atoms with E-state index in [0.29, 0.717) is 32.5 Å². The van der Waals surface area contributed by atoms with E-state index in [2.05, 4.69) is 17.6 Å². The number of nitrogens with one attached hydrogen (secondary N) is 2. The van der Waals surface area contributed by atoms with E-state index >= 15 is 0 Å². The highest BCUT2D eigenvalue weighted by molar-refractivity contribution is 6.08. The Balaban J connectivity index is 1.65. The number of hydrogen-bond donors (Lipinski definition) is 2. The number of urea groups is 1. The summed E-state index contributed by atoms with van der Waals surface area (Å²) in [5, 5.41) is 6.49. The summed E-state index contributed by atoms with van der Waals surface area (Å²) in [4.78, 5) is 29.2. The quantitative estimate of drug-likeness (QED) is 0.795. The van der Waals surface area contributed by atoms with Crippen molar-refractivity contribution in [1.29, 1.82) is 0 Å². The highest BCUT2D eigenvalue weighted by Gasteiger charge is 2.47. The third-order valence-electron chi connectivity index (χ3n) is 5.50. The van der Waals surface area contributed by atoms with Crippen molar-refractivity contribution in [2.24, 2.45) is 0 Å². The van der Waals surface area contributed by atoms with Crippen molar-refractivity contribution in [3.63, 3.8) is 0 Å². The molecule has 0 saturated carbocycles. The van der Waals surface area contributed by atoms with Crippen LogP contribution in [0.4, 0.5) is 16.2 Å². The second-order valence-corrected chi connectivity index (χ2v) is 7.20. The molecule has 1 fully saturated rings. The maximum absolute atomic E-state index is 13.2. The Bertz CT molecular complexity index is 653. The number of hydrogen-bond acceptors (Lipinski definition) is 3. The Morgan fingerprint density at radius 3 is 2.62 bits per heavy atom. The molecule has 6 nitrogen and oxygen atoms in total. The fraction of sp³-hybridized carbons (Fsp3) is 0.600. The molecule has 3 amide bonds. The Morgan fingerprint density at radius 2 is 1.92 bits per heavy atom. The molecule has 1 saturated heterocycles. The lowest BCUT2D eigenvalue weighted by Gasteiger charge is -2.47. The van der Waals surface area contributed by atoms with E-state index in [4.69, 9.17) is 0 Å². The minimum atomic E-state index is -0.594. The lowest BCUT2D eigenvalue weighted by molar-refractivity contribution is -0.124. The molecular weight excluding hydrogens is 328 g/mol. The number of likely N-dealkylation sites (N-methyl/N-ethyl adjacent to an activating group) is 1. The summed E-state index contributed by atoms with van der Waals surface area (Å²) in [6.45, 7) is 6.73. The number of likely N-dealkylation sites (tertiary alicyclic amines) is 1. The van der Waals surface area contributed by atoms with Crippen LogP contribution in [0.1, 0.15) is 46.0 Å². The van der Waals surface area contributed by atoms with Crippen molar-refractivity contribution < 1.29 is 9.59 Å². The molecule has 2 heterocycles. The number of nitrogens with zero attached hydrogens (tertiary/aromatic N) is 2. The fourth-order valence-electron chi connectivity index (χ4n) is 3.92. The number of unbranched alkanes of at least 4 members (excludes halogenated alkanes) is 2. The number of piperidine rings is 1. The minimum absolute atomic E-state index is 0.00745. The van der Waals surface area contributed by atoms with Gasteiger partial charge in [-0.05, 0) is 38.3 Å². The first-order valence-electron chi connectivity index (χ1n) is 9.83. The molecule has 142 valence electrons. The van der Waals surface area contributed by atoms with Crippen molar-refractivity contribution >= 4 is 23.3 Å². The number of rotatable bonds is 5. The third-order valence-corrected chi connectivity index (χ3v) is 5.50. The van der Waals surface area contributed by atoms with E-state index in [0.717, 1.165) is 37.2 Å². The number of fused-ring (bicyclic) bond motifs is 1. The van der Waals surface area contributed by atoms with Crippen LogP contribution in [-0.4, -0.2) is 48.6 Å². The monoisotopic (exact) mass is 358 g/mol. The van der Waals surface area contributed by atoms with Gasteiger partial charge in [-0.3, -0.25) is 4.79 Å². The SMILES string of the molecule is CCCCCNC(=O)N1CCC2(CC1)Nc1ccccc1N(CC)C2=O. The molecule has 2 N–H and O–H groups in total. The Labute approximate surface area is 155 Å². The summed E-state index contributed by atoms with van der Waals surface area (Å²) < 4.78 is 0. The normalized spacial score (nSPS) is 18.5. The maximum Gasteiger partial charge on any atom is 0.317 e. The predicted molar refractivity (Wildman–Crippen MR) is 105 cm³/mol. The van der Waals surface area contributed by atoms with Gasteiger partial charge in [0.1, 0.15) is 5.54 Å². The van der Waals surface area contributed by atoms with Crippen LogP contribution in [0, 0.1) is 0 Å². The largest absolute Gasteiger partial charge is 0.369 e. The van der Waals surface area contributed by atoms with Gasteiger partial charge in [-0.25, -0.2) is 4.79 Å². The molecule has 0 bridgehead atoms. The summed E-state index contributed by atoms with van der Waals surface area (Å²) in [5.74, 6) is 0.127. The molecule has 1 aromatic rings. The fourth-order valence-corrected chi connectivity index (χ4v) is 3.92. The van der Waals surface area contributed by atoms with Crippen LogP contribution in [0.3, 0.4) is 0 Å². The van der Waals surface area contributed by atoms with Crippen molar-refractivity contribution in [3.05, 3.63) is 24.3 Å².